The largest absolute Gasteiger partial charge is 0.481 e. The van der Waals surface area contributed by atoms with Crippen LogP contribution in [0.1, 0.15) is 0 Å². The highest BCUT2D eigenvalue weighted by atomic mass is 35.5. The number of hydrogen-bond donors (Lipinski definition) is 1. The summed E-state index contributed by atoms with van der Waals surface area (Å²) in [5.41, 5.74) is 2.00. The van der Waals surface area contributed by atoms with Crippen molar-refractivity contribution in [1.29, 1.82) is 0 Å². The molecule has 4 nitrogen and oxygen atoms in total. The number of nitrogens with zero attached hydrogens (tertiary/aromatic N) is 2. The number of pyridine rings is 1. The van der Waals surface area contributed by atoms with Crippen molar-refractivity contribution in [1.82, 2.24) is 14.5 Å². The van der Waals surface area contributed by atoms with Crippen LogP contribution in [0, 0.1) is 4.77 Å². The SMILES string of the molecule is COc1ccc2[nH]c(=S)n(-c3c(Cl)cccc3Cl)c2n1. The molecule has 0 bridgehead atoms. The van der Waals surface area contributed by atoms with Crippen LogP contribution in [-0.2, 0) is 0 Å². The van der Waals surface area contributed by atoms with E-state index in [1.165, 1.54) is 0 Å². The molecule has 20 heavy (non-hydrogen) atoms. The molecule has 3 rings (SSSR count). The zero-order chi connectivity index (χ0) is 14.3. The van der Waals surface area contributed by atoms with Gasteiger partial charge in [0.15, 0.2) is 10.4 Å². The predicted octanol–water partition coefficient (Wildman–Crippen LogP) is 4.40. The number of methoxy groups -OCH3 is 1. The number of ether oxygens (including phenoxy) is 1. The van der Waals surface area contributed by atoms with E-state index in [9.17, 15) is 0 Å². The number of benzene rings is 1. The molecule has 2 heterocycles. The summed E-state index contributed by atoms with van der Waals surface area (Å²) >= 11 is 17.8. The molecule has 0 aliphatic carbocycles. The van der Waals surface area contributed by atoms with E-state index >= 15 is 0 Å². The number of imidazole rings is 1. The van der Waals surface area contributed by atoms with Gasteiger partial charge in [-0.2, -0.15) is 4.98 Å². The first-order chi connectivity index (χ1) is 9.61. The highest BCUT2D eigenvalue weighted by Crippen LogP contribution is 2.31. The Labute approximate surface area is 129 Å². The van der Waals surface area contributed by atoms with Crippen LogP contribution < -0.4 is 4.74 Å². The molecule has 0 amide bonds. The van der Waals surface area contributed by atoms with Crippen LogP contribution in [0.5, 0.6) is 5.88 Å². The molecule has 0 aliphatic rings. The van der Waals surface area contributed by atoms with E-state index in [1.54, 1.807) is 35.9 Å². The van der Waals surface area contributed by atoms with Gasteiger partial charge in [-0.25, -0.2) is 0 Å². The molecule has 0 unspecified atom stereocenters. The Kier molecular flexibility index (Phi) is 3.41. The Morgan fingerprint density at radius 3 is 2.55 bits per heavy atom. The first kappa shape index (κ1) is 13.4. The van der Waals surface area contributed by atoms with Crippen molar-refractivity contribution in [2.45, 2.75) is 0 Å². The second-order valence-corrected chi connectivity index (χ2v) is 5.26. The molecule has 2 aromatic heterocycles. The van der Waals surface area contributed by atoms with Crippen molar-refractivity contribution in [3.63, 3.8) is 0 Å². The Morgan fingerprint density at radius 2 is 1.90 bits per heavy atom. The van der Waals surface area contributed by atoms with Gasteiger partial charge in [-0.1, -0.05) is 29.3 Å². The van der Waals surface area contributed by atoms with Crippen LogP contribution in [0.15, 0.2) is 30.3 Å². The number of hydrogen-bond acceptors (Lipinski definition) is 3. The minimum Gasteiger partial charge on any atom is -0.481 e. The fourth-order valence-electron chi connectivity index (χ4n) is 1.99. The number of para-hydroxylation sites is 1. The third kappa shape index (κ3) is 2.08. The van der Waals surface area contributed by atoms with Crippen molar-refractivity contribution in [3.05, 3.63) is 45.1 Å². The number of H-pyrrole nitrogens is 1. The molecule has 0 saturated carbocycles. The van der Waals surface area contributed by atoms with Crippen molar-refractivity contribution in [3.8, 4) is 11.6 Å². The van der Waals surface area contributed by atoms with Gasteiger partial charge < -0.3 is 9.72 Å². The molecule has 0 radical (unpaired) electrons. The summed E-state index contributed by atoms with van der Waals surface area (Å²) in [4.78, 5) is 7.47. The summed E-state index contributed by atoms with van der Waals surface area (Å²) in [6.07, 6.45) is 0. The molecule has 102 valence electrons. The average Bonchev–Trinajstić information content (AvgIpc) is 2.74. The molecule has 1 N–H and O–H groups in total. The van der Waals surface area contributed by atoms with E-state index in [1.807, 2.05) is 6.07 Å². The molecule has 0 aliphatic heterocycles. The van der Waals surface area contributed by atoms with Gasteiger partial charge in [0.2, 0.25) is 5.88 Å². The monoisotopic (exact) mass is 325 g/mol. The first-order valence-electron chi connectivity index (χ1n) is 5.72. The third-order valence-corrected chi connectivity index (χ3v) is 3.77. The lowest BCUT2D eigenvalue weighted by atomic mass is 10.3. The molecule has 0 spiro atoms. The van der Waals surface area contributed by atoms with E-state index in [4.69, 9.17) is 40.2 Å². The minimum atomic E-state index is 0.468. The van der Waals surface area contributed by atoms with E-state index in [-0.39, 0.29) is 0 Å². The van der Waals surface area contributed by atoms with Gasteiger partial charge in [0.1, 0.15) is 0 Å². The Morgan fingerprint density at radius 1 is 1.20 bits per heavy atom. The number of aromatic amines is 1. The quantitative estimate of drug-likeness (QED) is 0.710. The van der Waals surface area contributed by atoms with Gasteiger partial charge >= 0.3 is 0 Å². The number of rotatable bonds is 2. The lowest BCUT2D eigenvalue weighted by Crippen LogP contribution is -1.98. The van der Waals surface area contributed by atoms with Crippen molar-refractivity contribution >= 4 is 46.6 Å². The smallest absolute Gasteiger partial charge is 0.215 e. The van der Waals surface area contributed by atoms with Crippen molar-refractivity contribution in [2.24, 2.45) is 0 Å². The number of aromatic nitrogens is 3. The van der Waals surface area contributed by atoms with Crippen LogP contribution in [0.2, 0.25) is 10.0 Å². The van der Waals surface area contributed by atoms with Crippen LogP contribution >= 0.6 is 35.4 Å². The van der Waals surface area contributed by atoms with E-state index in [0.29, 0.717) is 32.0 Å². The maximum absolute atomic E-state index is 6.24. The third-order valence-electron chi connectivity index (χ3n) is 2.88. The zero-order valence-electron chi connectivity index (χ0n) is 10.4. The van der Waals surface area contributed by atoms with E-state index in [0.717, 1.165) is 5.52 Å². The molecular formula is C13H9Cl2N3OS. The Hall–Kier alpha value is -1.56. The average molecular weight is 326 g/mol. The summed E-state index contributed by atoms with van der Waals surface area (Å²) in [6.45, 7) is 0. The molecule has 0 saturated heterocycles. The summed E-state index contributed by atoms with van der Waals surface area (Å²) in [5.74, 6) is 0.489. The Bertz CT molecular complexity index is 836. The maximum atomic E-state index is 6.24. The second-order valence-electron chi connectivity index (χ2n) is 4.06. The normalized spacial score (nSPS) is 10.9. The second kappa shape index (κ2) is 5.09. The highest BCUT2D eigenvalue weighted by molar-refractivity contribution is 7.71. The standard InChI is InChI=1S/C13H9Cl2N3OS/c1-19-10-6-5-9-12(17-10)18(13(20)16-9)11-7(14)3-2-4-8(11)15/h2-6H,1H3,(H,16,20). The number of fused-ring (bicyclic) bond motifs is 1. The van der Waals surface area contributed by atoms with Crippen LogP contribution in [0.4, 0.5) is 0 Å². The van der Waals surface area contributed by atoms with E-state index in [2.05, 4.69) is 9.97 Å². The zero-order valence-corrected chi connectivity index (χ0v) is 12.7. The van der Waals surface area contributed by atoms with Crippen LogP contribution in [0.3, 0.4) is 0 Å². The highest BCUT2D eigenvalue weighted by Gasteiger charge is 2.14. The van der Waals surface area contributed by atoms with Gasteiger partial charge in [0.05, 0.1) is 28.4 Å². The molecule has 7 heteroatoms. The fourth-order valence-corrected chi connectivity index (χ4v) is 2.84. The molecular weight excluding hydrogens is 317 g/mol. The van der Waals surface area contributed by atoms with E-state index < -0.39 is 0 Å². The van der Waals surface area contributed by atoms with Crippen molar-refractivity contribution < 1.29 is 4.74 Å². The molecule has 0 atom stereocenters. The van der Waals surface area contributed by atoms with Crippen molar-refractivity contribution in [2.75, 3.05) is 7.11 Å². The summed E-state index contributed by atoms with van der Waals surface area (Å²) in [6, 6.07) is 8.89. The maximum Gasteiger partial charge on any atom is 0.215 e. The summed E-state index contributed by atoms with van der Waals surface area (Å²) in [5, 5.41) is 0.998. The predicted molar refractivity (Wildman–Crippen MR) is 82.8 cm³/mol. The first-order valence-corrected chi connectivity index (χ1v) is 6.88. The van der Waals surface area contributed by atoms with Gasteiger partial charge in [-0.3, -0.25) is 4.57 Å². The molecule has 1 aromatic carbocycles. The fraction of sp³-hybridized carbons (Fsp3) is 0.0769. The van der Waals surface area contributed by atoms with Gasteiger partial charge in [-0.15, -0.1) is 0 Å². The molecule has 0 fully saturated rings. The van der Waals surface area contributed by atoms with Crippen LogP contribution in [0.25, 0.3) is 16.9 Å². The van der Waals surface area contributed by atoms with Gasteiger partial charge in [0, 0.05) is 6.07 Å². The lowest BCUT2D eigenvalue weighted by Gasteiger charge is -2.09. The molecule has 3 aromatic rings. The number of nitrogens with one attached hydrogen (secondary N) is 1. The lowest BCUT2D eigenvalue weighted by molar-refractivity contribution is 0.399. The number of halogens is 2. The van der Waals surface area contributed by atoms with Gasteiger partial charge in [0.25, 0.3) is 0 Å². The Balaban J connectivity index is 2.41. The minimum absolute atomic E-state index is 0.468. The summed E-state index contributed by atoms with van der Waals surface area (Å²) in [7, 11) is 1.56. The van der Waals surface area contributed by atoms with Gasteiger partial charge in [-0.05, 0) is 30.4 Å². The topological polar surface area (TPSA) is 42.8 Å². The summed E-state index contributed by atoms with van der Waals surface area (Å²) < 4.78 is 7.32. The van der Waals surface area contributed by atoms with Crippen LogP contribution in [-0.4, -0.2) is 21.6 Å².